The minimum Gasteiger partial charge on any atom is -0.290 e. The molecule has 0 fully saturated rings. The molecule has 6 heteroatoms. The number of fused-ring (bicyclic) bond motifs is 1. The largest absolute Gasteiger partial charge is 0.433 e. The van der Waals surface area contributed by atoms with Crippen LogP contribution in [-0.2, 0) is 6.18 Å². The summed E-state index contributed by atoms with van der Waals surface area (Å²) in [4.78, 5) is 6.96. The number of rotatable bonds is 0. The van der Waals surface area contributed by atoms with Gasteiger partial charge in [-0.05, 0) is 0 Å². The highest BCUT2D eigenvalue weighted by atomic mass is 19.4. The molecule has 0 aliphatic heterocycles. The van der Waals surface area contributed by atoms with E-state index in [4.69, 9.17) is 0 Å². The average Bonchev–Trinajstić information content (AvgIpc) is 2.47. The number of aromatic nitrogens is 3. The Morgan fingerprint density at radius 2 is 2.00 bits per heavy atom. The fourth-order valence-corrected chi connectivity index (χ4v) is 0.973. The second-order valence-electron chi connectivity index (χ2n) is 2.46. The van der Waals surface area contributed by atoms with Crippen LogP contribution in [0.25, 0.3) is 5.65 Å². The molecule has 0 aliphatic carbocycles. The highest BCUT2D eigenvalue weighted by molar-refractivity contribution is 5.38. The maximum absolute atomic E-state index is 12.1. The van der Waals surface area contributed by atoms with E-state index in [1.807, 2.05) is 0 Å². The van der Waals surface area contributed by atoms with Crippen molar-refractivity contribution in [2.24, 2.45) is 0 Å². The number of hydrogen-bond donors (Lipinski definition) is 0. The Hall–Kier alpha value is -1.59. The fraction of sp³-hybridized carbons (Fsp3) is 0.143. The lowest BCUT2D eigenvalue weighted by atomic mass is 10.4. The molecule has 3 nitrogen and oxygen atoms in total. The highest BCUT2D eigenvalue weighted by Gasteiger charge is 2.32. The first-order valence-electron chi connectivity index (χ1n) is 3.43. The predicted octanol–water partition coefficient (Wildman–Crippen LogP) is 1.75. The van der Waals surface area contributed by atoms with Crippen LogP contribution in [0.3, 0.4) is 0 Å². The van der Waals surface area contributed by atoms with Gasteiger partial charge in [0.1, 0.15) is 17.7 Å². The third-order valence-electron chi connectivity index (χ3n) is 1.58. The molecule has 68 valence electrons. The zero-order valence-corrected chi connectivity index (χ0v) is 6.28. The van der Waals surface area contributed by atoms with Gasteiger partial charge in [0, 0.05) is 18.5 Å². The van der Waals surface area contributed by atoms with E-state index in [9.17, 15) is 13.2 Å². The lowest BCUT2D eigenvalue weighted by molar-refractivity contribution is -0.141. The Morgan fingerprint density at radius 3 is 2.69 bits per heavy atom. The van der Waals surface area contributed by atoms with Gasteiger partial charge in [0.15, 0.2) is 0 Å². The zero-order valence-electron chi connectivity index (χ0n) is 6.28. The van der Waals surface area contributed by atoms with E-state index >= 15 is 0 Å². The monoisotopic (exact) mass is 187 g/mol. The van der Waals surface area contributed by atoms with Gasteiger partial charge in [-0.15, -0.1) is 0 Å². The van der Waals surface area contributed by atoms with E-state index in [0.717, 1.165) is 12.4 Å². The summed E-state index contributed by atoms with van der Waals surface area (Å²) < 4.78 is 37.8. The highest BCUT2D eigenvalue weighted by Crippen LogP contribution is 2.27. The predicted molar refractivity (Wildman–Crippen MR) is 38.0 cm³/mol. The number of halogens is 3. The molecule has 0 amide bonds. The molecule has 0 radical (unpaired) electrons. The standard InChI is InChI=1S/C7H4F3N3/c8-7(9,10)5-3-6-11-1-2-13(6)4-12-5/h1-4H. The summed E-state index contributed by atoms with van der Waals surface area (Å²) in [6, 6.07) is 0.903. The van der Waals surface area contributed by atoms with E-state index in [-0.39, 0.29) is 5.65 Å². The quantitative estimate of drug-likeness (QED) is 0.628. The summed E-state index contributed by atoms with van der Waals surface area (Å²) in [6.07, 6.45) is -0.376. The molecule has 2 rings (SSSR count). The first-order valence-corrected chi connectivity index (χ1v) is 3.43. The minimum absolute atomic E-state index is 0.238. The molecular formula is C7H4F3N3. The van der Waals surface area contributed by atoms with Crippen LogP contribution in [0, 0.1) is 0 Å². The van der Waals surface area contributed by atoms with Crippen LogP contribution in [0.1, 0.15) is 5.69 Å². The Balaban J connectivity index is 2.61. The van der Waals surface area contributed by atoms with Crippen molar-refractivity contribution in [3.8, 4) is 0 Å². The first kappa shape index (κ1) is 8.03. The number of nitrogens with zero attached hydrogens (tertiary/aromatic N) is 3. The summed E-state index contributed by atoms with van der Waals surface area (Å²) in [5.74, 6) is 0. The van der Waals surface area contributed by atoms with Gasteiger partial charge in [-0.3, -0.25) is 4.40 Å². The molecular weight excluding hydrogens is 183 g/mol. The zero-order chi connectivity index (χ0) is 9.47. The van der Waals surface area contributed by atoms with Crippen LogP contribution < -0.4 is 0 Å². The van der Waals surface area contributed by atoms with Crippen LogP contribution in [0.15, 0.2) is 24.8 Å². The molecule has 0 saturated carbocycles. The van der Waals surface area contributed by atoms with Gasteiger partial charge in [0.05, 0.1) is 0 Å². The Bertz CT molecular complexity index is 432. The van der Waals surface area contributed by atoms with Gasteiger partial charge < -0.3 is 0 Å². The van der Waals surface area contributed by atoms with Crippen molar-refractivity contribution in [3.63, 3.8) is 0 Å². The minimum atomic E-state index is -4.41. The van der Waals surface area contributed by atoms with Crippen molar-refractivity contribution in [2.45, 2.75) is 6.18 Å². The summed E-state index contributed by atoms with van der Waals surface area (Å²) in [7, 11) is 0. The Kier molecular flexibility index (Phi) is 1.51. The van der Waals surface area contributed by atoms with E-state index in [1.54, 1.807) is 0 Å². The van der Waals surface area contributed by atoms with Gasteiger partial charge in [-0.1, -0.05) is 0 Å². The Morgan fingerprint density at radius 1 is 1.23 bits per heavy atom. The summed E-state index contributed by atoms with van der Waals surface area (Å²) in [6.45, 7) is 0. The average molecular weight is 187 g/mol. The number of alkyl halides is 3. The first-order chi connectivity index (χ1) is 6.07. The molecule has 0 N–H and O–H groups in total. The van der Waals surface area contributed by atoms with Crippen LogP contribution >= 0.6 is 0 Å². The van der Waals surface area contributed by atoms with Gasteiger partial charge in [0.25, 0.3) is 0 Å². The molecule has 0 bridgehead atoms. The number of hydrogen-bond acceptors (Lipinski definition) is 2. The topological polar surface area (TPSA) is 30.2 Å². The van der Waals surface area contributed by atoms with Gasteiger partial charge in [0.2, 0.25) is 0 Å². The lowest BCUT2D eigenvalue weighted by Gasteiger charge is -2.04. The Labute approximate surface area is 70.9 Å². The number of imidazole rings is 1. The maximum Gasteiger partial charge on any atom is 0.433 e. The summed E-state index contributed by atoms with van der Waals surface area (Å²) in [5, 5.41) is 0. The molecule has 2 aromatic heterocycles. The van der Waals surface area contributed by atoms with E-state index in [2.05, 4.69) is 9.97 Å². The molecule has 2 heterocycles. The van der Waals surface area contributed by atoms with Crippen LogP contribution in [0.2, 0.25) is 0 Å². The van der Waals surface area contributed by atoms with E-state index in [1.165, 1.54) is 16.8 Å². The third kappa shape index (κ3) is 1.34. The van der Waals surface area contributed by atoms with Crippen molar-refractivity contribution in [1.29, 1.82) is 0 Å². The van der Waals surface area contributed by atoms with Crippen LogP contribution in [0.5, 0.6) is 0 Å². The second kappa shape index (κ2) is 2.45. The smallest absolute Gasteiger partial charge is 0.290 e. The molecule has 2 aromatic rings. The van der Waals surface area contributed by atoms with Crippen molar-refractivity contribution >= 4 is 5.65 Å². The molecule has 13 heavy (non-hydrogen) atoms. The van der Waals surface area contributed by atoms with Crippen LogP contribution in [0.4, 0.5) is 13.2 Å². The molecule has 0 saturated heterocycles. The molecule has 0 aliphatic rings. The van der Waals surface area contributed by atoms with Crippen molar-refractivity contribution in [1.82, 2.24) is 14.4 Å². The fourth-order valence-electron chi connectivity index (χ4n) is 0.973. The summed E-state index contributed by atoms with van der Waals surface area (Å²) >= 11 is 0. The molecule has 0 spiro atoms. The second-order valence-corrected chi connectivity index (χ2v) is 2.46. The van der Waals surface area contributed by atoms with Gasteiger partial charge in [-0.25, -0.2) is 9.97 Å². The SMILES string of the molecule is FC(F)(F)c1cc2nccn2cn1. The maximum atomic E-state index is 12.1. The van der Waals surface area contributed by atoms with E-state index < -0.39 is 11.9 Å². The lowest BCUT2D eigenvalue weighted by Crippen LogP contribution is -2.08. The van der Waals surface area contributed by atoms with E-state index in [0.29, 0.717) is 0 Å². The summed E-state index contributed by atoms with van der Waals surface area (Å²) in [5.41, 5.74) is -0.687. The molecule has 0 aromatic carbocycles. The van der Waals surface area contributed by atoms with Gasteiger partial charge >= 0.3 is 6.18 Å². The third-order valence-corrected chi connectivity index (χ3v) is 1.58. The van der Waals surface area contributed by atoms with Crippen LogP contribution in [-0.4, -0.2) is 14.4 Å². The van der Waals surface area contributed by atoms with Crippen molar-refractivity contribution < 1.29 is 13.2 Å². The van der Waals surface area contributed by atoms with Crippen molar-refractivity contribution in [2.75, 3.05) is 0 Å². The van der Waals surface area contributed by atoms with Crippen molar-refractivity contribution in [3.05, 3.63) is 30.5 Å². The molecule has 0 unspecified atom stereocenters. The normalized spacial score (nSPS) is 12.2. The van der Waals surface area contributed by atoms with Gasteiger partial charge in [-0.2, -0.15) is 13.2 Å². The molecule has 0 atom stereocenters.